The lowest BCUT2D eigenvalue weighted by atomic mass is 9.96. The van der Waals surface area contributed by atoms with E-state index in [1.54, 1.807) is 36.4 Å². The maximum absolute atomic E-state index is 13.1. The number of nitrogens with one attached hydrogen (secondary N) is 1. The van der Waals surface area contributed by atoms with E-state index in [1.807, 2.05) is 5.32 Å². The summed E-state index contributed by atoms with van der Waals surface area (Å²) in [6, 6.07) is 13.5. The van der Waals surface area contributed by atoms with Gasteiger partial charge in [-0.3, -0.25) is 4.79 Å². The van der Waals surface area contributed by atoms with Crippen molar-refractivity contribution < 1.29 is 14.5 Å². The Morgan fingerprint density at radius 3 is 2.30 bits per heavy atom. The van der Waals surface area contributed by atoms with Crippen molar-refractivity contribution in [1.29, 1.82) is 0 Å². The van der Waals surface area contributed by atoms with Crippen molar-refractivity contribution in [3.8, 4) is 0 Å². The fourth-order valence-electron chi connectivity index (χ4n) is 2.46. The van der Waals surface area contributed by atoms with Gasteiger partial charge >= 0.3 is 0 Å². The molecule has 0 radical (unpaired) electrons. The zero-order valence-corrected chi connectivity index (χ0v) is 14.0. The van der Waals surface area contributed by atoms with Gasteiger partial charge in [-0.2, -0.15) is 0 Å². The average molecular weight is 336 g/mol. The van der Waals surface area contributed by atoms with Crippen LogP contribution in [0.5, 0.6) is 0 Å². The van der Waals surface area contributed by atoms with E-state index < -0.39 is 0 Å². The Bertz CT molecular complexity index is 641. The van der Waals surface area contributed by atoms with Crippen molar-refractivity contribution in [2.24, 2.45) is 5.92 Å². The van der Waals surface area contributed by atoms with E-state index in [1.165, 1.54) is 12.1 Å². The predicted molar refractivity (Wildman–Crippen MR) is 90.9 cm³/mol. The van der Waals surface area contributed by atoms with Crippen molar-refractivity contribution in [2.75, 3.05) is 11.9 Å². The third kappa shape index (κ3) is 5.34. The van der Waals surface area contributed by atoms with Gasteiger partial charge in [-0.25, -0.2) is 4.39 Å². The molecule has 122 valence electrons. The van der Waals surface area contributed by atoms with Crippen molar-refractivity contribution >= 4 is 23.2 Å². The van der Waals surface area contributed by atoms with E-state index in [0.29, 0.717) is 17.5 Å². The number of halogens is 2. The Labute approximate surface area is 140 Å². The smallest absolute Gasteiger partial charge is 0.279 e. The molecule has 23 heavy (non-hydrogen) atoms. The summed E-state index contributed by atoms with van der Waals surface area (Å²) in [7, 11) is 0. The first-order valence-corrected chi connectivity index (χ1v) is 7.97. The molecule has 1 amide bonds. The molecular weight excluding hydrogens is 315 g/mol. The number of carbonyl (C=O) groups is 1. The Kier molecular flexibility index (Phi) is 6.13. The third-order valence-electron chi connectivity index (χ3n) is 3.66. The lowest BCUT2D eigenvalue weighted by Crippen LogP contribution is -2.88. The molecule has 0 saturated heterocycles. The van der Waals surface area contributed by atoms with Crippen LogP contribution in [0, 0.1) is 11.7 Å². The fourth-order valence-corrected chi connectivity index (χ4v) is 2.58. The normalized spacial score (nSPS) is 12.2. The summed E-state index contributed by atoms with van der Waals surface area (Å²) in [6.45, 7) is 4.46. The van der Waals surface area contributed by atoms with E-state index in [0.717, 1.165) is 11.3 Å². The first-order valence-electron chi connectivity index (χ1n) is 7.60. The number of amides is 1. The van der Waals surface area contributed by atoms with E-state index in [2.05, 4.69) is 19.2 Å². The molecule has 0 fully saturated rings. The van der Waals surface area contributed by atoms with Gasteiger partial charge < -0.3 is 10.6 Å². The van der Waals surface area contributed by atoms with Gasteiger partial charge in [0.25, 0.3) is 5.91 Å². The molecule has 0 unspecified atom stereocenters. The molecule has 0 heterocycles. The van der Waals surface area contributed by atoms with Gasteiger partial charge in [0.15, 0.2) is 6.54 Å². The second-order valence-corrected chi connectivity index (χ2v) is 6.25. The summed E-state index contributed by atoms with van der Waals surface area (Å²) in [5, 5.41) is 5.44. The van der Waals surface area contributed by atoms with Gasteiger partial charge in [0, 0.05) is 22.2 Å². The monoisotopic (exact) mass is 335 g/mol. The van der Waals surface area contributed by atoms with Gasteiger partial charge in [-0.15, -0.1) is 0 Å². The molecule has 2 aromatic carbocycles. The topological polar surface area (TPSA) is 45.7 Å². The summed E-state index contributed by atoms with van der Waals surface area (Å²) in [6.07, 6.45) is 0. The summed E-state index contributed by atoms with van der Waals surface area (Å²) < 4.78 is 13.1. The van der Waals surface area contributed by atoms with Gasteiger partial charge in [0.05, 0.1) is 0 Å². The number of nitrogens with two attached hydrogens (primary N) is 1. The molecule has 0 aliphatic carbocycles. The number of anilines is 1. The third-order valence-corrected chi connectivity index (χ3v) is 3.91. The summed E-state index contributed by atoms with van der Waals surface area (Å²) in [5.74, 6) is -0.0133. The van der Waals surface area contributed by atoms with Crippen LogP contribution in [0.2, 0.25) is 5.02 Å². The van der Waals surface area contributed by atoms with E-state index in [-0.39, 0.29) is 17.8 Å². The molecule has 2 aromatic rings. The van der Waals surface area contributed by atoms with Crippen LogP contribution in [-0.2, 0) is 4.79 Å². The molecule has 0 aliphatic rings. The lowest BCUT2D eigenvalue weighted by molar-refractivity contribution is -0.692. The molecule has 3 nitrogen and oxygen atoms in total. The Morgan fingerprint density at radius 1 is 1.13 bits per heavy atom. The van der Waals surface area contributed by atoms with Crippen LogP contribution >= 0.6 is 11.6 Å². The summed E-state index contributed by atoms with van der Waals surface area (Å²) in [5.41, 5.74) is 1.73. The first kappa shape index (κ1) is 17.4. The van der Waals surface area contributed by atoms with Gasteiger partial charge in [-0.1, -0.05) is 37.6 Å². The molecule has 2 rings (SSSR count). The fraction of sp³-hybridized carbons (Fsp3) is 0.278. The SMILES string of the molecule is CC(C)[C@H]([NH2+]CC(=O)Nc1ccc(Cl)cc1)c1ccc(F)cc1. The maximum atomic E-state index is 13.1. The lowest BCUT2D eigenvalue weighted by Gasteiger charge is -2.19. The molecule has 0 aromatic heterocycles. The van der Waals surface area contributed by atoms with Crippen molar-refractivity contribution in [3.63, 3.8) is 0 Å². The van der Waals surface area contributed by atoms with Crippen LogP contribution in [0.1, 0.15) is 25.5 Å². The number of hydrogen-bond donors (Lipinski definition) is 2. The predicted octanol–water partition coefficient (Wildman–Crippen LogP) is 3.38. The summed E-state index contributed by atoms with van der Waals surface area (Å²) >= 11 is 5.82. The van der Waals surface area contributed by atoms with E-state index >= 15 is 0 Å². The number of hydrogen-bond acceptors (Lipinski definition) is 1. The Balaban J connectivity index is 1.94. The van der Waals surface area contributed by atoms with E-state index in [4.69, 9.17) is 11.6 Å². The minimum Gasteiger partial charge on any atom is -0.332 e. The zero-order valence-electron chi connectivity index (χ0n) is 13.2. The minimum absolute atomic E-state index is 0.0833. The molecule has 0 aliphatic heterocycles. The molecule has 3 N–H and O–H groups in total. The Morgan fingerprint density at radius 2 is 1.74 bits per heavy atom. The minimum atomic E-state index is -0.253. The standard InChI is InChI=1S/C18H20ClFN2O/c1-12(2)18(13-3-7-15(20)8-4-13)21-11-17(23)22-16-9-5-14(19)6-10-16/h3-10,12,18,21H,11H2,1-2H3,(H,22,23)/p+1/t18-/m0/s1. The summed E-state index contributed by atoms with van der Waals surface area (Å²) in [4.78, 5) is 12.1. The largest absolute Gasteiger partial charge is 0.332 e. The molecule has 0 bridgehead atoms. The molecule has 0 saturated carbocycles. The second-order valence-electron chi connectivity index (χ2n) is 5.82. The van der Waals surface area contributed by atoms with Gasteiger partial charge in [0.2, 0.25) is 0 Å². The van der Waals surface area contributed by atoms with Gasteiger partial charge in [0.1, 0.15) is 11.9 Å². The van der Waals surface area contributed by atoms with Crippen LogP contribution < -0.4 is 10.6 Å². The molecule has 0 spiro atoms. The van der Waals surface area contributed by atoms with Gasteiger partial charge in [-0.05, 0) is 36.4 Å². The van der Waals surface area contributed by atoms with Crippen LogP contribution in [-0.4, -0.2) is 12.5 Å². The van der Waals surface area contributed by atoms with Crippen LogP contribution in [0.15, 0.2) is 48.5 Å². The Hall–Kier alpha value is -1.91. The molecule has 5 heteroatoms. The number of benzene rings is 2. The molecule has 1 atom stereocenters. The van der Waals surface area contributed by atoms with Crippen molar-refractivity contribution in [3.05, 3.63) is 64.9 Å². The quantitative estimate of drug-likeness (QED) is 0.835. The van der Waals surface area contributed by atoms with Crippen LogP contribution in [0.3, 0.4) is 0 Å². The highest BCUT2D eigenvalue weighted by Gasteiger charge is 2.20. The van der Waals surface area contributed by atoms with E-state index in [9.17, 15) is 9.18 Å². The van der Waals surface area contributed by atoms with Crippen LogP contribution in [0.4, 0.5) is 10.1 Å². The number of carbonyl (C=O) groups excluding carboxylic acids is 1. The van der Waals surface area contributed by atoms with Crippen molar-refractivity contribution in [2.45, 2.75) is 19.9 Å². The number of quaternary nitrogens is 1. The highest BCUT2D eigenvalue weighted by Crippen LogP contribution is 2.18. The maximum Gasteiger partial charge on any atom is 0.279 e. The van der Waals surface area contributed by atoms with Crippen LogP contribution in [0.25, 0.3) is 0 Å². The molecular formula is C18H21ClFN2O+. The van der Waals surface area contributed by atoms with Crippen molar-refractivity contribution in [1.82, 2.24) is 0 Å². The first-order chi connectivity index (χ1) is 11.0. The zero-order chi connectivity index (χ0) is 16.8. The highest BCUT2D eigenvalue weighted by molar-refractivity contribution is 6.30. The average Bonchev–Trinajstić information content (AvgIpc) is 2.51. The second kappa shape index (κ2) is 8.09. The number of rotatable bonds is 6. The highest BCUT2D eigenvalue weighted by atomic mass is 35.5.